The summed E-state index contributed by atoms with van der Waals surface area (Å²) >= 11 is 0. The van der Waals surface area contributed by atoms with E-state index in [1.54, 1.807) is 0 Å². The zero-order valence-electron chi connectivity index (χ0n) is 38.4. The average molecular weight is 871 g/mol. The van der Waals surface area contributed by atoms with Gasteiger partial charge >= 0.3 is 0 Å². The Kier molecular flexibility index (Phi) is 9.74. The monoisotopic (exact) mass is 870 g/mol. The largest absolute Gasteiger partial charge is 0.307 e. The first-order chi connectivity index (χ1) is 33.3. The Balaban J connectivity index is 1.18. The quantitative estimate of drug-likeness (QED) is 0.160. The fourth-order valence-corrected chi connectivity index (χ4v) is 10.5. The van der Waals surface area contributed by atoms with E-state index in [0.717, 1.165) is 88.6 Å². The summed E-state index contributed by atoms with van der Waals surface area (Å²) in [5.41, 5.74) is 22.0. The third-order valence-electron chi connectivity index (χ3n) is 13.7. The normalized spacial score (nSPS) is 11.5. The van der Waals surface area contributed by atoms with Crippen LogP contribution in [-0.2, 0) is 0 Å². The summed E-state index contributed by atoms with van der Waals surface area (Å²) in [6, 6.07) is 76.5. The van der Waals surface area contributed by atoms with E-state index in [1.165, 1.54) is 44.5 Å². The van der Waals surface area contributed by atoms with Gasteiger partial charge in [0.2, 0.25) is 0 Å². The fourth-order valence-electron chi connectivity index (χ4n) is 10.5. The van der Waals surface area contributed by atoms with Crippen molar-refractivity contribution in [1.82, 2.24) is 14.1 Å². The Hall–Kier alpha value is -8.78. The van der Waals surface area contributed by atoms with Crippen LogP contribution in [0.15, 0.2) is 206 Å². The summed E-state index contributed by atoms with van der Waals surface area (Å²) in [6.07, 6.45) is 0. The molecule has 0 saturated carbocycles. The van der Waals surface area contributed by atoms with Crippen LogP contribution in [0.5, 0.6) is 0 Å². The molecule has 0 aliphatic rings. The molecule has 322 valence electrons. The van der Waals surface area contributed by atoms with Gasteiger partial charge in [-0.05, 0) is 127 Å². The molecule has 3 heterocycles. The van der Waals surface area contributed by atoms with Gasteiger partial charge in [0.05, 0.1) is 56.5 Å². The second-order valence-corrected chi connectivity index (χ2v) is 18.2. The molecule has 0 aliphatic carbocycles. The molecule has 0 saturated heterocycles. The molecule has 68 heavy (non-hydrogen) atoms. The van der Waals surface area contributed by atoms with Crippen LogP contribution in [0.4, 0.5) is 0 Å². The fraction of sp³-hybridized carbons (Fsp3) is 0.0625. The van der Waals surface area contributed by atoms with E-state index in [2.05, 4.69) is 213 Å². The third-order valence-corrected chi connectivity index (χ3v) is 13.7. The molecule has 0 atom stereocenters. The van der Waals surface area contributed by atoms with Gasteiger partial charge in [-0.2, -0.15) is 5.26 Å². The van der Waals surface area contributed by atoms with Crippen LogP contribution in [-0.4, -0.2) is 14.1 Å². The molecule has 9 aromatic carbocycles. The Bertz CT molecular complexity index is 3960. The number of rotatable bonds is 7. The average Bonchev–Trinajstić information content (AvgIpc) is 3.88. The first-order valence-corrected chi connectivity index (χ1v) is 23.3. The summed E-state index contributed by atoms with van der Waals surface area (Å²) in [5.74, 6) is 0. The first kappa shape index (κ1) is 40.7. The second kappa shape index (κ2) is 16.3. The molecule has 0 bridgehead atoms. The maximum atomic E-state index is 11.4. The van der Waals surface area contributed by atoms with Gasteiger partial charge in [-0.3, -0.25) is 0 Å². The van der Waals surface area contributed by atoms with E-state index in [9.17, 15) is 5.26 Å². The minimum atomic E-state index is 0.573. The van der Waals surface area contributed by atoms with Crippen molar-refractivity contribution in [3.05, 3.63) is 234 Å². The van der Waals surface area contributed by atoms with Crippen molar-refractivity contribution in [2.45, 2.75) is 27.7 Å². The number of pyridine rings is 1. The molecular formula is C64H46N4. The lowest BCUT2D eigenvalue weighted by Crippen LogP contribution is -2.05. The van der Waals surface area contributed by atoms with Crippen molar-refractivity contribution in [2.24, 2.45) is 0 Å². The van der Waals surface area contributed by atoms with Crippen LogP contribution in [0, 0.1) is 39.0 Å². The SMILES string of the molecule is Cc1ccc(-c2ccc3c(c2)c2ccccc2n3-c2cc(C#N)c(-c3cc(-c4ccccc4)nc(-c4ccccc4)c3)cc2-n2c3ccccc3c3cc(-c4ccc(C)cc4C)ccc32)c(C)c1. The van der Waals surface area contributed by atoms with Crippen LogP contribution < -0.4 is 0 Å². The van der Waals surface area contributed by atoms with Crippen molar-refractivity contribution >= 4 is 43.6 Å². The lowest BCUT2D eigenvalue weighted by molar-refractivity contribution is 1.09. The van der Waals surface area contributed by atoms with E-state index >= 15 is 0 Å². The molecule has 0 fully saturated rings. The standard InChI is InChI=1S/C64H46N4/c1-40-23-27-50(42(3)31-40)46-25-29-61-55(33-46)52-19-11-13-21-59(52)67(61)63-37-49(39-65)54(48-35-57(44-15-7-5-8-16-44)66-58(36-48)45-17-9-6-10-18-45)38-64(63)68-60-22-14-12-20-53(60)56-34-47(26-30-62(56)68)51-28-24-41(2)32-43(51)4/h5-38H,1-4H3. The van der Waals surface area contributed by atoms with E-state index in [4.69, 9.17) is 4.98 Å². The molecule has 4 heteroatoms. The van der Waals surface area contributed by atoms with Gasteiger partial charge < -0.3 is 9.13 Å². The highest BCUT2D eigenvalue weighted by Gasteiger charge is 2.24. The van der Waals surface area contributed by atoms with E-state index in [1.807, 2.05) is 36.4 Å². The van der Waals surface area contributed by atoms with Crippen LogP contribution >= 0.6 is 0 Å². The summed E-state index contributed by atoms with van der Waals surface area (Å²) in [7, 11) is 0. The maximum Gasteiger partial charge on any atom is 0.0998 e. The summed E-state index contributed by atoms with van der Waals surface area (Å²) < 4.78 is 4.79. The molecular weight excluding hydrogens is 825 g/mol. The summed E-state index contributed by atoms with van der Waals surface area (Å²) in [4.78, 5) is 5.23. The zero-order valence-corrected chi connectivity index (χ0v) is 38.4. The highest BCUT2D eigenvalue weighted by Crippen LogP contribution is 2.43. The Morgan fingerprint density at radius 2 is 0.794 bits per heavy atom. The van der Waals surface area contributed by atoms with Gasteiger partial charge in [0, 0.05) is 38.2 Å². The van der Waals surface area contributed by atoms with Gasteiger partial charge in [0.25, 0.3) is 0 Å². The Morgan fingerprint density at radius 1 is 0.353 bits per heavy atom. The lowest BCUT2D eigenvalue weighted by Gasteiger charge is -2.20. The van der Waals surface area contributed by atoms with E-state index in [0.29, 0.717) is 5.56 Å². The number of aryl methyl sites for hydroxylation is 4. The van der Waals surface area contributed by atoms with Gasteiger partial charge in [0.1, 0.15) is 0 Å². The van der Waals surface area contributed by atoms with Crippen molar-refractivity contribution in [3.8, 4) is 73.3 Å². The highest BCUT2D eigenvalue weighted by molar-refractivity contribution is 6.13. The number of nitriles is 1. The molecule has 0 radical (unpaired) electrons. The topological polar surface area (TPSA) is 46.5 Å². The summed E-state index contributed by atoms with van der Waals surface area (Å²) in [5, 5.41) is 16.0. The van der Waals surface area contributed by atoms with Gasteiger partial charge in [-0.15, -0.1) is 0 Å². The maximum absolute atomic E-state index is 11.4. The highest BCUT2D eigenvalue weighted by atomic mass is 15.1. The van der Waals surface area contributed by atoms with E-state index < -0.39 is 0 Å². The van der Waals surface area contributed by atoms with Crippen LogP contribution in [0.3, 0.4) is 0 Å². The number of hydrogen-bond donors (Lipinski definition) is 0. The number of benzene rings is 9. The molecule has 0 aliphatic heterocycles. The van der Waals surface area contributed by atoms with Crippen LogP contribution in [0.1, 0.15) is 27.8 Å². The lowest BCUT2D eigenvalue weighted by atomic mass is 9.95. The molecule has 4 nitrogen and oxygen atoms in total. The van der Waals surface area contributed by atoms with Gasteiger partial charge in [-0.25, -0.2) is 4.98 Å². The predicted molar refractivity (Wildman–Crippen MR) is 284 cm³/mol. The number of nitrogens with zero attached hydrogens (tertiary/aromatic N) is 4. The summed E-state index contributed by atoms with van der Waals surface area (Å²) in [6.45, 7) is 8.68. The molecule has 0 spiro atoms. The second-order valence-electron chi connectivity index (χ2n) is 18.2. The molecule has 0 amide bonds. The number of hydrogen-bond acceptors (Lipinski definition) is 2. The van der Waals surface area contributed by atoms with Crippen LogP contribution in [0.25, 0.3) is 111 Å². The molecule has 3 aromatic heterocycles. The van der Waals surface area contributed by atoms with E-state index in [-0.39, 0.29) is 0 Å². The Morgan fingerprint density at radius 3 is 1.26 bits per heavy atom. The van der Waals surface area contributed by atoms with Crippen LogP contribution in [0.2, 0.25) is 0 Å². The third kappa shape index (κ3) is 6.79. The van der Waals surface area contributed by atoms with Crippen molar-refractivity contribution in [1.29, 1.82) is 5.26 Å². The molecule has 12 rings (SSSR count). The van der Waals surface area contributed by atoms with Crippen molar-refractivity contribution in [3.63, 3.8) is 0 Å². The molecule has 0 N–H and O–H groups in total. The van der Waals surface area contributed by atoms with Gasteiger partial charge in [-0.1, -0.05) is 157 Å². The smallest absolute Gasteiger partial charge is 0.0998 e. The predicted octanol–water partition coefficient (Wildman–Crippen LogP) is 16.7. The molecule has 12 aromatic rings. The minimum absolute atomic E-state index is 0.573. The Labute approximate surface area is 396 Å². The zero-order chi connectivity index (χ0) is 46.0. The minimum Gasteiger partial charge on any atom is -0.307 e. The van der Waals surface area contributed by atoms with Gasteiger partial charge in [0.15, 0.2) is 0 Å². The first-order valence-electron chi connectivity index (χ1n) is 23.3. The van der Waals surface area contributed by atoms with Crippen molar-refractivity contribution < 1.29 is 0 Å². The molecule has 0 unspecified atom stereocenters. The number of para-hydroxylation sites is 2. The number of aromatic nitrogens is 3. The van der Waals surface area contributed by atoms with Crippen molar-refractivity contribution in [2.75, 3.05) is 0 Å². The number of fused-ring (bicyclic) bond motifs is 6.